The molecule has 0 amide bonds. The Hall–Kier alpha value is -1.37. The van der Waals surface area contributed by atoms with Gasteiger partial charge in [0.15, 0.2) is 6.10 Å². The first kappa shape index (κ1) is 13.7. The minimum Gasteiger partial charge on any atom is -0.391 e. The van der Waals surface area contributed by atoms with E-state index < -0.39 is 12.2 Å². The van der Waals surface area contributed by atoms with Crippen molar-refractivity contribution in [3.05, 3.63) is 34.9 Å². The van der Waals surface area contributed by atoms with Gasteiger partial charge >= 0.3 is 0 Å². The van der Waals surface area contributed by atoms with E-state index in [0.29, 0.717) is 0 Å². The van der Waals surface area contributed by atoms with Crippen LogP contribution < -0.4 is 0 Å². The van der Waals surface area contributed by atoms with Gasteiger partial charge < -0.3 is 9.84 Å². The molecule has 0 fully saturated rings. The molecular weight excluding hydrogens is 214 g/mol. The Bertz CT molecular complexity index is 400. The van der Waals surface area contributed by atoms with Crippen molar-refractivity contribution in [2.45, 2.75) is 46.0 Å². The molecule has 92 valence electrons. The maximum absolute atomic E-state index is 9.39. The second kappa shape index (κ2) is 5.81. The number of ether oxygens (including phenoxy) is 1. The van der Waals surface area contributed by atoms with Crippen LogP contribution in [0.4, 0.5) is 0 Å². The van der Waals surface area contributed by atoms with Crippen molar-refractivity contribution in [3.63, 3.8) is 0 Å². The molecule has 0 aliphatic carbocycles. The Kier molecular flexibility index (Phi) is 4.68. The van der Waals surface area contributed by atoms with Gasteiger partial charge in [-0.3, -0.25) is 0 Å². The lowest BCUT2D eigenvalue weighted by atomic mass is 10.0. The summed E-state index contributed by atoms with van der Waals surface area (Å²) in [6.07, 6.45) is -1.57. The van der Waals surface area contributed by atoms with E-state index in [1.807, 2.05) is 26.0 Å². The minimum atomic E-state index is -0.627. The number of aliphatic hydroxyl groups excluding tert-OH is 1. The van der Waals surface area contributed by atoms with Crippen LogP contribution in [0.25, 0.3) is 0 Å². The van der Waals surface area contributed by atoms with E-state index >= 15 is 0 Å². The van der Waals surface area contributed by atoms with Crippen LogP contribution >= 0.6 is 0 Å². The van der Waals surface area contributed by atoms with Crippen LogP contribution in [0.5, 0.6) is 0 Å². The van der Waals surface area contributed by atoms with E-state index in [1.54, 1.807) is 13.8 Å². The number of nitriles is 1. The highest BCUT2D eigenvalue weighted by Crippen LogP contribution is 2.22. The van der Waals surface area contributed by atoms with Crippen LogP contribution in [0.1, 0.15) is 36.6 Å². The summed E-state index contributed by atoms with van der Waals surface area (Å²) in [4.78, 5) is 0. The Morgan fingerprint density at radius 2 is 1.71 bits per heavy atom. The van der Waals surface area contributed by atoms with Gasteiger partial charge in [0.1, 0.15) is 0 Å². The molecule has 1 N–H and O–H groups in total. The van der Waals surface area contributed by atoms with Crippen molar-refractivity contribution in [2.24, 2.45) is 0 Å². The first-order valence-corrected chi connectivity index (χ1v) is 5.75. The van der Waals surface area contributed by atoms with Gasteiger partial charge in [0.05, 0.1) is 18.3 Å². The fraction of sp³-hybridized carbons (Fsp3) is 0.500. The van der Waals surface area contributed by atoms with E-state index in [1.165, 1.54) is 0 Å². The zero-order valence-corrected chi connectivity index (χ0v) is 10.8. The second-order valence-corrected chi connectivity index (χ2v) is 4.51. The van der Waals surface area contributed by atoms with Gasteiger partial charge in [-0.2, -0.15) is 5.26 Å². The summed E-state index contributed by atoms with van der Waals surface area (Å²) in [5.41, 5.74) is 3.06. The van der Waals surface area contributed by atoms with E-state index in [9.17, 15) is 5.11 Å². The lowest BCUT2D eigenvalue weighted by Gasteiger charge is -2.20. The normalized spacial score (nSPS) is 16.0. The van der Waals surface area contributed by atoms with Gasteiger partial charge in [-0.25, -0.2) is 0 Å². The van der Waals surface area contributed by atoms with Crippen LogP contribution in [-0.2, 0) is 4.74 Å². The Morgan fingerprint density at radius 1 is 1.18 bits per heavy atom. The number of hydrogen-bond acceptors (Lipinski definition) is 3. The highest BCUT2D eigenvalue weighted by molar-refractivity contribution is 5.32. The molecule has 17 heavy (non-hydrogen) atoms. The number of aliphatic hydroxyl groups is 1. The smallest absolute Gasteiger partial charge is 0.169 e. The standard InChI is InChI=1S/C14H19NO2/c1-9-5-10(2)7-13(6-9)14(8-15)17-12(4)11(3)16/h5-7,11-12,14,16H,1-4H3. The van der Waals surface area contributed by atoms with Crippen molar-refractivity contribution < 1.29 is 9.84 Å². The van der Waals surface area contributed by atoms with Crippen molar-refractivity contribution in [1.82, 2.24) is 0 Å². The maximum atomic E-state index is 9.39. The van der Waals surface area contributed by atoms with Crippen LogP contribution in [-0.4, -0.2) is 17.3 Å². The summed E-state index contributed by atoms with van der Waals surface area (Å²) in [5.74, 6) is 0. The molecule has 0 saturated heterocycles. The topological polar surface area (TPSA) is 53.2 Å². The molecule has 0 radical (unpaired) electrons. The van der Waals surface area contributed by atoms with E-state index in [2.05, 4.69) is 12.1 Å². The molecule has 0 aromatic heterocycles. The molecule has 1 rings (SSSR count). The maximum Gasteiger partial charge on any atom is 0.169 e. The largest absolute Gasteiger partial charge is 0.391 e. The minimum absolute atomic E-state index is 0.361. The molecule has 3 heteroatoms. The molecule has 3 nitrogen and oxygen atoms in total. The van der Waals surface area contributed by atoms with E-state index in [0.717, 1.165) is 16.7 Å². The van der Waals surface area contributed by atoms with Crippen LogP contribution in [0.15, 0.2) is 18.2 Å². The molecule has 0 saturated carbocycles. The first-order valence-electron chi connectivity index (χ1n) is 5.75. The third kappa shape index (κ3) is 3.85. The summed E-state index contributed by atoms with van der Waals surface area (Å²) >= 11 is 0. The Morgan fingerprint density at radius 3 is 2.12 bits per heavy atom. The van der Waals surface area contributed by atoms with E-state index in [4.69, 9.17) is 10.00 Å². The van der Waals surface area contributed by atoms with Gasteiger partial charge in [0, 0.05) is 0 Å². The van der Waals surface area contributed by atoms with Gasteiger partial charge in [0.2, 0.25) is 0 Å². The molecule has 1 aromatic carbocycles. The summed E-state index contributed by atoms with van der Waals surface area (Å²) in [7, 11) is 0. The zero-order valence-electron chi connectivity index (χ0n) is 10.8. The second-order valence-electron chi connectivity index (χ2n) is 4.51. The predicted molar refractivity (Wildman–Crippen MR) is 66.5 cm³/mol. The van der Waals surface area contributed by atoms with Gasteiger partial charge in [-0.05, 0) is 33.3 Å². The lowest BCUT2D eigenvalue weighted by Crippen LogP contribution is -2.24. The average Bonchev–Trinajstić information content (AvgIpc) is 2.23. The quantitative estimate of drug-likeness (QED) is 0.869. The fourth-order valence-electron chi connectivity index (χ4n) is 1.67. The Balaban J connectivity index is 2.91. The number of benzene rings is 1. The highest BCUT2D eigenvalue weighted by Gasteiger charge is 2.18. The zero-order chi connectivity index (χ0) is 13.0. The summed E-state index contributed by atoms with van der Waals surface area (Å²) < 4.78 is 5.55. The molecule has 0 heterocycles. The van der Waals surface area contributed by atoms with E-state index in [-0.39, 0.29) is 6.10 Å². The third-order valence-corrected chi connectivity index (χ3v) is 2.69. The fourth-order valence-corrected chi connectivity index (χ4v) is 1.67. The third-order valence-electron chi connectivity index (χ3n) is 2.69. The molecule has 0 bridgehead atoms. The van der Waals surface area contributed by atoms with Gasteiger partial charge in [0.25, 0.3) is 0 Å². The number of aryl methyl sites for hydroxylation is 2. The summed E-state index contributed by atoms with van der Waals surface area (Å²) in [6.45, 7) is 7.39. The number of nitrogens with zero attached hydrogens (tertiary/aromatic N) is 1. The Labute approximate surface area is 103 Å². The van der Waals surface area contributed by atoms with Crippen molar-refractivity contribution in [1.29, 1.82) is 5.26 Å². The first-order chi connectivity index (χ1) is 7.93. The molecule has 0 spiro atoms. The number of hydrogen-bond donors (Lipinski definition) is 1. The predicted octanol–water partition coefficient (Wildman–Crippen LogP) is 2.65. The summed E-state index contributed by atoms with van der Waals surface area (Å²) in [5, 5.41) is 18.5. The van der Waals surface area contributed by atoms with Crippen molar-refractivity contribution in [3.8, 4) is 6.07 Å². The highest BCUT2D eigenvalue weighted by atomic mass is 16.5. The van der Waals surface area contributed by atoms with Crippen LogP contribution in [0.2, 0.25) is 0 Å². The molecule has 3 atom stereocenters. The monoisotopic (exact) mass is 233 g/mol. The van der Waals surface area contributed by atoms with Gasteiger partial charge in [-0.1, -0.05) is 29.3 Å². The summed E-state index contributed by atoms with van der Waals surface area (Å²) in [6, 6.07) is 8.06. The molecule has 0 aliphatic rings. The van der Waals surface area contributed by atoms with Crippen molar-refractivity contribution >= 4 is 0 Å². The lowest BCUT2D eigenvalue weighted by molar-refractivity contribution is -0.0426. The van der Waals surface area contributed by atoms with Gasteiger partial charge in [-0.15, -0.1) is 0 Å². The molecule has 1 aromatic rings. The molecular formula is C14H19NO2. The van der Waals surface area contributed by atoms with Crippen molar-refractivity contribution in [2.75, 3.05) is 0 Å². The number of rotatable bonds is 4. The molecule has 3 unspecified atom stereocenters. The van der Waals surface area contributed by atoms with Crippen LogP contribution in [0.3, 0.4) is 0 Å². The van der Waals surface area contributed by atoms with Crippen LogP contribution in [0, 0.1) is 25.2 Å². The average molecular weight is 233 g/mol. The molecule has 0 aliphatic heterocycles. The SMILES string of the molecule is Cc1cc(C)cc(C(C#N)OC(C)C(C)O)c1.